The number of pyridine rings is 1. The highest BCUT2D eigenvalue weighted by molar-refractivity contribution is 5.68. The summed E-state index contributed by atoms with van der Waals surface area (Å²) in [5.74, 6) is 2.93. The molecule has 1 aromatic carbocycles. The lowest BCUT2D eigenvalue weighted by Crippen LogP contribution is -2.37. The van der Waals surface area contributed by atoms with Gasteiger partial charge in [0.2, 0.25) is 0 Å². The molecule has 1 spiro atoms. The molecule has 0 amide bonds. The van der Waals surface area contributed by atoms with Gasteiger partial charge in [-0.1, -0.05) is 0 Å². The van der Waals surface area contributed by atoms with Gasteiger partial charge in [0.25, 0.3) is 0 Å². The minimum absolute atomic E-state index is 0.281. The zero-order valence-electron chi connectivity index (χ0n) is 18.6. The Morgan fingerprint density at radius 3 is 2.56 bits per heavy atom. The number of nitrogens with zero attached hydrogens (tertiary/aromatic N) is 6. The smallest absolute Gasteiger partial charge is 0.162 e. The van der Waals surface area contributed by atoms with Crippen LogP contribution < -0.4 is 15.4 Å². The Balaban J connectivity index is 1.36. The molecular formula is C26H23N7O. The molecule has 3 fully saturated rings. The van der Waals surface area contributed by atoms with Gasteiger partial charge in [-0.05, 0) is 68.3 Å². The molecule has 0 radical (unpaired) electrons. The zero-order valence-corrected chi connectivity index (χ0v) is 18.6. The van der Waals surface area contributed by atoms with Crippen molar-refractivity contribution < 1.29 is 4.74 Å². The van der Waals surface area contributed by atoms with Crippen LogP contribution in [0.25, 0.3) is 11.4 Å². The predicted molar refractivity (Wildman–Crippen MR) is 125 cm³/mol. The van der Waals surface area contributed by atoms with Crippen molar-refractivity contribution in [1.82, 2.24) is 15.0 Å². The normalized spacial score (nSPS) is 23.8. The van der Waals surface area contributed by atoms with Crippen molar-refractivity contribution in [3.05, 3.63) is 59.5 Å². The summed E-state index contributed by atoms with van der Waals surface area (Å²) < 4.78 is 6.28. The molecule has 1 saturated heterocycles. The minimum Gasteiger partial charge on any atom is -0.455 e. The van der Waals surface area contributed by atoms with Gasteiger partial charge in [0.1, 0.15) is 28.9 Å². The number of nitriles is 2. The van der Waals surface area contributed by atoms with Crippen LogP contribution in [0.1, 0.15) is 42.4 Å². The van der Waals surface area contributed by atoms with Crippen LogP contribution in [0, 0.1) is 28.6 Å². The first-order valence-corrected chi connectivity index (χ1v) is 11.6. The number of hydrogen-bond donors (Lipinski definition) is 1. The van der Waals surface area contributed by atoms with Crippen molar-refractivity contribution in [2.45, 2.75) is 43.7 Å². The van der Waals surface area contributed by atoms with E-state index in [1.54, 1.807) is 36.8 Å². The maximum Gasteiger partial charge on any atom is 0.162 e. The summed E-state index contributed by atoms with van der Waals surface area (Å²) in [7, 11) is 0. The minimum atomic E-state index is 0.281. The average molecular weight is 450 g/mol. The van der Waals surface area contributed by atoms with Crippen molar-refractivity contribution in [3.8, 4) is 35.0 Å². The Bertz CT molecular complexity index is 1360. The second kappa shape index (κ2) is 7.79. The van der Waals surface area contributed by atoms with Gasteiger partial charge in [0.15, 0.2) is 5.82 Å². The van der Waals surface area contributed by atoms with E-state index in [0.717, 1.165) is 17.3 Å². The molecule has 2 aliphatic carbocycles. The summed E-state index contributed by atoms with van der Waals surface area (Å²) in [4.78, 5) is 15.9. The molecule has 2 aromatic heterocycles. The van der Waals surface area contributed by atoms with Gasteiger partial charge in [-0.2, -0.15) is 10.5 Å². The molecule has 1 aliphatic heterocycles. The fourth-order valence-electron chi connectivity index (χ4n) is 5.81. The quantitative estimate of drug-likeness (QED) is 0.565. The zero-order chi connectivity index (χ0) is 23.3. The molecule has 8 nitrogen and oxygen atoms in total. The molecule has 3 unspecified atom stereocenters. The molecule has 8 heteroatoms. The van der Waals surface area contributed by atoms with Crippen LogP contribution in [0.3, 0.4) is 0 Å². The van der Waals surface area contributed by atoms with Gasteiger partial charge >= 0.3 is 0 Å². The Morgan fingerprint density at radius 1 is 1.03 bits per heavy atom. The van der Waals surface area contributed by atoms with Crippen molar-refractivity contribution in [1.29, 1.82) is 10.5 Å². The number of nitrogens with two attached hydrogens (primary N) is 1. The molecule has 0 bridgehead atoms. The van der Waals surface area contributed by atoms with Crippen LogP contribution in [0.5, 0.6) is 11.5 Å². The van der Waals surface area contributed by atoms with E-state index in [1.165, 1.54) is 25.7 Å². The number of ether oxygens (including phenoxy) is 1. The number of anilines is 1. The van der Waals surface area contributed by atoms with Crippen LogP contribution in [-0.4, -0.2) is 33.1 Å². The van der Waals surface area contributed by atoms with Gasteiger partial charge in [0.05, 0.1) is 35.0 Å². The van der Waals surface area contributed by atoms with Gasteiger partial charge in [0, 0.05) is 18.5 Å². The van der Waals surface area contributed by atoms with Crippen LogP contribution in [-0.2, 0) is 6.42 Å². The fraction of sp³-hybridized carbons (Fsp3) is 0.346. The third-order valence-corrected chi connectivity index (χ3v) is 7.59. The summed E-state index contributed by atoms with van der Waals surface area (Å²) in [6, 6.07) is 11.9. The summed E-state index contributed by atoms with van der Waals surface area (Å²) in [5, 5.41) is 19.1. The number of hydrogen-bond acceptors (Lipinski definition) is 8. The third kappa shape index (κ3) is 3.03. The van der Waals surface area contributed by atoms with Crippen LogP contribution in [0.2, 0.25) is 0 Å². The molecular weight excluding hydrogens is 426 g/mol. The molecule has 3 atom stereocenters. The summed E-state index contributed by atoms with van der Waals surface area (Å²) >= 11 is 0. The molecule has 6 rings (SSSR count). The number of benzene rings is 1. The summed E-state index contributed by atoms with van der Waals surface area (Å²) in [6.45, 7) is 0.523. The SMILES string of the molecule is N#Cc1ccc(-c2ncc(CCN)cn2)c(Oc2cc(N3C4CCC5CCC543)ncc2C#N)c1. The van der Waals surface area contributed by atoms with Crippen molar-refractivity contribution in [3.63, 3.8) is 0 Å². The van der Waals surface area contributed by atoms with Gasteiger partial charge in [-0.25, -0.2) is 15.0 Å². The van der Waals surface area contributed by atoms with E-state index in [-0.39, 0.29) is 5.54 Å². The largest absolute Gasteiger partial charge is 0.455 e. The number of aromatic nitrogens is 3. The van der Waals surface area contributed by atoms with Gasteiger partial charge in [-0.15, -0.1) is 0 Å². The Hall–Kier alpha value is -4.01. The molecule has 34 heavy (non-hydrogen) atoms. The monoisotopic (exact) mass is 449 g/mol. The lowest BCUT2D eigenvalue weighted by molar-refractivity contribution is 0.250. The van der Waals surface area contributed by atoms with E-state index < -0.39 is 0 Å². The molecule has 2 saturated carbocycles. The first kappa shape index (κ1) is 20.6. The molecule has 3 aliphatic rings. The van der Waals surface area contributed by atoms with Crippen molar-refractivity contribution >= 4 is 5.82 Å². The third-order valence-electron chi connectivity index (χ3n) is 7.59. The van der Waals surface area contributed by atoms with E-state index in [4.69, 9.17) is 10.5 Å². The van der Waals surface area contributed by atoms with Crippen molar-refractivity contribution in [2.24, 2.45) is 11.7 Å². The maximum atomic E-state index is 9.70. The highest BCUT2D eigenvalue weighted by Crippen LogP contribution is 2.67. The first-order valence-electron chi connectivity index (χ1n) is 11.6. The van der Waals surface area contributed by atoms with E-state index in [9.17, 15) is 10.5 Å². The number of rotatable bonds is 6. The lowest BCUT2D eigenvalue weighted by atomic mass is 9.74. The predicted octanol–water partition coefficient (Wildman–Crippen LogP) is 3.71. The van der Waals surface area contributed by atoms with E-state index in [2.05, 4.69) is 32.0 Å². The van der Waals surface area contributed by atoms with Gasteiger partial charge < -0.3 is 15.4 Å². The van der Waals surface area contributed by atoms with Crippen molar-refractivity contribution in [2.75, 3.05) is 11.4 Å². The Kier molecular flexibility index (Phi) is 4.72. The molecule has 3 heterocycles. The standard InChI is InChI=1S/C26H23N7O/c27-8-6-17-13-31-25(32-14-17)20-3-1-16(11-28)9-22(20)34-21-10-24(30-15-18(21)12-29)33-23-4-2-19-5-7-26(19,23)33/h1,3,9-10,13-15,19,23H,2,4-8,27H2. The highest BCUT2D eigenvalue weighted by Gasteiger charge is 2.74. The van der Waals surface area contributed by atoms with Crippen LogP contribution in [0.15, 0.2) is 42.9 Å². The molecule has 2 N–H and O–H groups in total. The van der Waals surface area contributed by atoms with Crippen LogP contribution >= 0.6 is 0 Å². The lowest BCUT2D eigenvalue weighted by Gasteiger charge is -2.35. The van der Waals surface area contributed by atoms with E-state index >= 15 is 0 Å². The Morgan fingerprint density at radius 2 is 1.88 bits per heavy atom. The van der Waals surface area contributed by atoms with E-state index in [1.807, 2.05) is 6.07 Å². The first-order chi connectivity index (χ1) is 16.7. The van der Waals surface area contributed by atoms with Crippen LogP contribution in [0.4, 0.5) is 5.82 Å². The van der Waals surface area contributed by atoms with Gasteiger partial charge in [-0.3, -0.25) is 0 Å². The average Bonchev–Trinajstić information content (AvgIpc) is 3.48. The topological polar surface area (TPSA) is 125 Å². The maximum absolute atomic E-state index is 9.70. The summed E-state index contributed by atoms with van der Waals surface area (Å²) in [5.41, 5.74) is 8.28. The number of piperidine rings is 1. The Labute approximate surface area is 197 Å². The fourth-order valence-corrected chi connectivity index (χ4v) is 5.81. The molecule has 168 valence electrons. The highest BCUT2D eigenvalue weighted by atomic mass is 16.5. The summed E-state index contributed by atoms with van der Waals surface area (Å²) in [6.07, 6.45) is 10.8. The van der Waals surface area contributed by atoms with E-state index in [0.29, 0.717) is 53.0 Å². The second-order valence-electron chi connectivity index (χ2n) is 9.22. The second-order valence-corrected chi connectivity index (χ2v) is 9.22. The molecule has 3 aromatic rings.